The molecular weight excluding hydrogens is 215 g/mol. The van der Waals surface area contributed by atoms with Crippen LogP contribution in [0, 0.1) is 5.82 Å². The Kier molecular flexibility index (Phi) is 2.56. The molecule has 0 aliphatic carbocycles. The first-order valence-electron chi connectivity index (χ1n) is 4.33. The molecule has 1 heterocycles. The van der Waals surface area contributed by atoms with Crippen molar-refractivity contribution in [2.45, 2.75) is 0 Å². The van der Waals surface area contributed by atoms with Gasteiger partial charge in [0.2, 0.25) is 0 Å². The van der Waals surface area contributed by atoms with E-state index in [0.29, 0.717) is 21.8 Å². The molecule has 76 valence electrons. The minimum atomic E-state index is -0.411. The quantitative estimate of drug-likeness (QED) is 0.753. The molecule has 0 spiro atoms. The van der Waals surface area contributed by atoms with E-state index in [-0.39, 0.29) is 0 Å². The van der Waals surface area contributed by atoms with Gasteiger partial charge in [-0.15, -0.1) is 0 Å². The predicted molar refractivity (Wildman–Crippen MR) is 59.1 cm³/mol. The molecule has 0 radical (unpaired) electrons. The van der Waals surface area contributed by atoms with Crippen molar-refractivity contribution in [3.05, 3.63) is 47.5 Å². The van der Waals surface area contributed by atoms with Crippen LogP contribution in [0.3, 0.4) is 0 Å². The van der Waals surface area contributed by atoms with Crippen molar-refractivity contribution in [2.75, 3.05) is 5.73 Å². The molecule has 0 amide bonds. The molecular formula is C11H8ClFN2. The average Bonchev–Trinajstić information content (AvgIpc) is 2.23. The highest BCUT2D eigenvalue weighted by molar-refractivity contribution is 6.31. The summed E-state index contributed by atoms with van der Waals surface area (Å²) in [6, 6.07) is 6.52. The molecule has 4 heteroatoms. The minimum absolute atomic E-state index is 0.407. The van der Waals surface area contributed by atoms with Gasteiger partial charge in [-0.2, -0.15) is 0 Å². The summed E-state index contributed by atoms with van der Waals surface area (Å²) in [6.45, 7) is 0. The first-order valence-corrected chi connectivity index (χ1v) is 4.71. The van der Waals surface area contributed by atoms with Gasteiger partial charge in [0.1, 0.15) is 5.82 Å². The molecule has 0 bridgehead atoms. The van der Waals surface area contributed by atoms with Gasteiger partial charge in [-0.05, 0) is 24.3 Å². The monoisotopic (exact) mass is 222 g/mol. The van der Waals surface area contributed by atoms with Gasteiger partial charge in [-0.3, -0.25) is 4.98 Å². The molecule has 2 N–H and O–H groups in total. The van der Waals surface area contributed by atoms with Crippen LogP contribution in [0.2, 0.25) is 5.02 Å². The lowest BCUT2D eigenvalue weighted by molar-refractivity contribution is 0.625. The fraction of sp³-hybridized carbons (Fsp3) is 0. The van der Waals surface area contributed by atoms with Gasteiger partial charge in [0, 0.05) is 28.0 Å². The summed E-state index contributed by atoms with van der Waals surface area (Å²) in [5, 5.41) is 0.524. The molecule has 0 unspecified atom stereocenters. The number of hydrogen-bond donors (Lipinski definition) is 1. The largest absolute Gasteiger partial charge is 0.398 e. The number of hydrogen-bond acceptors (Lipinski definition) is 2. The number of benzene rings is 1. The number of nitrogens with two attached hydrogens (primary N) is 1. The van der Waals surface area contributed by atoms with E-state index in [9.17, 15) is 4.39 Å². The number of rotatable bonds is 1. The third kappa shape index (κ3) is 1.92. The molecule has 2 nitrogen and oxygen atoms in total. The van der Waals surface area contributed by atoms with Gasteiger partial charge >= 0.3 is 0 Å². The van der Waals surface area contributed by atoms with E-state index in [1.54, 1.807) is 24.3 Å². The summed E-state index contributed by atoms with van der Waals surface area (Å²) >= 11 is 5.83. The molecule has 1 aromatic carbocycles. The maximum atomic E-state index is 13.4. The van der Waals surface area contributed by atoms with Crippen LogP contribution in [0.5, 0.6) is 0 Å². The van der Waals surface area contributed by atoms with Crippen molar-refractivity contribution in [3.8, 4) is 11.1 Å². The number of nitrogens with zero attached hydrogens (tertiary/aromatic N) is 1. The third-order valence-corrected chi connectivity index (χ3v) is 2.31. The Morgan fingerprint density at radius 3 is 2.73 bits per heavy atom. The molecule has 0 aliphatic rings. The zero-order chi connectivity index (χ0) is 10.8. The Morgan fingerprint density at radius 2 is 2.00 bits per heavy atom. The molecule has 1 aromatic heterocycles. The summed E-state index contributed by atoms with van der Waals surface area (Å²) in [4.78, 5) is 3.67. The van der Waals surface area contributed by atoms with Gasteiger partial charge < -0.3 is 5.73 Å². The Balaban J connectivity index is 2.64. The van der Waals surface area contributed by atoms with Crippen LogP contribution >= 0.6 is 11.6 Å². The van der Waals surface area contributed by atoms with Crippen LogP contribution in [0.4, 0.5) is 10.1 Å². The first kappa shape index (κ1) is 9.93. The maximum Gasteiger partial charge on any atom is 0.149 e. The number of halogens is 2. The maximum absolute atomic E-state index is 13.4. The second-order valence-electron chi connectivity index (χ2n) is 3.09. The Bertz CT molecular complexity index is 500. The molecule has 15 heavy (non-hydrogen) atoms. The van der Waals surface area contributed by atoms with Gasteiger partial charge in [-0.25, -0.2) is 4.39 Å². The fourth-order valence-electron chi connectivity index (χ4n) is 1.36. The SMILES string of the molecule is Nc1ccc(Cl)cc1-c1ccncc1F. The summed E-state index contributed by atoms with van der Waals surface area (Å²) < 4.78 is 13.4. The predicted octanol–water partition coefficient (Wildman–Crippen LogP) is 3.12. The summed E-state index contributed by atoms with van der Waals surface area (Å²) in [6.07, 6.45) is 2.66. The lowest BCUT2D eigenvalue weighted by atomic mass is 10.1. The Hall–Kier alpha value is -1.61. The lowest BCUT2D eigenvalue weighted by Crippen LogP contribution is -1.92. The van der Waals surface area contributed by atoms with Crippen molar-refractivity contribution in [2.24, 2.45) is 0 Å². The smallest absolute Gasteiger partial charge is 0.149 e. The van der Waals surface area contributed by atoms with E-state index < -0.39 is 5.82 Å². The summed E-state index contributed by atoms with van der Waals surface area (Å²) in [5.74, 6) is -0.411. The summed E-state index contributed by atoms with van der Waals surface area (Å²) in [5.41, 5.74) is 7.23. The van der Waals surface area contributed by atoms with Crippen LogP contribution in [-0.2, 0) is 0 Å². The highest BCUT2D eigenvalue weighted by Gasteiger charge is 2.08. The second kappa shape index (κ2) is 3.87. The van der Waals surface area contributed by atoms with Crippen molar-refractivity contribution in [1.82, 2.24) is 4.98 Å². The highest BCUT2D eigenvalue weighted by atomic mass is 35.5. The van der Waals surface area contributed by atoms with E-state index in [4.69, 9.17) is 17.3 Å². The van der Waals surface area contributed by atoms with Gasteiger partial charge in [0.15, 0.2) is 0 Å². The van der Waals surface area contributed by atoms with Gasteiger partial charge in [-0.1, -0.05) is 11.6 Å². The van der Waals surface area contributed by atoms with E-state index in [2.05, 4.69) is 4.98 Å². The van der Waals surface area contributed by atoms with Crippen LogP contribution < -0.4 is 5.73 Å². The van der Waals surface area contributed by atoms with Crippen molar-refractivity contribution in [1.29, 1.82) is 0 Å². The molecule has 0 aliphatic heterocycles. The minimum Gasteiger partial charge on any atom is -0.398 e. The van der Waals surface area contributed by atoms with E-state index >= 15 is 0 Å². The molecule has 0 atom stereocenters. The Morgan fingerprint density at radius 1 is 1.20 bits per heavy atom. The van der Waals surface area contributed by atoms with Crippen LogP contribution in [0.25, 0.3) is 11.1 Å². The number of aromatic nitrogens is 1. The molecule has 2 rings (SSSR count). The average molecular weight is 223 g/mol. The van der Waals surface area contributed by atoms with Crippen LogP contribution in [0.15, 0.2) is 36.7 Å². The molecule has 0 saturated carbocycles. The van der Waals surface area contributed by atoms with Crippen molar-refractivity contribution >= 4 is 17.3 Å². The van der Waals surface area contributed by atoms with Crippen molar-refractivity contribution in [3.63, 3.8) is 0 Å². The van der Waals surface area contributed by atoms with Gasteiger partial charge in [0.05, 0.1) is 6.20 Å². The standard InChI is InChI=1S/C11H8ClFN2/c12-7-1-2-11(14)9(5-7)8-3-4-15-6-10(8)13/h1-6H,14H2. The molecule has 0 fully saturated rings. The zero-order valence-electron chi connectivity index (χ0n) is 7.74. The highest BCUT2D eigenvalue weighted by Crippen LogP contribution is 2.29. The normalized spacial score (nSPS) is 10.3. The van der Waals surface area contributed by atoms with E-state index in [0.717, 1.165) is 6.20 Å². The van der Waals surface area contributed by atoms with E-state index in [1.807, 2.05) is 0 Å². The van der Waals surface area contributed by atoms with E-state index in [1.165, 1.54) is 6.20 Å². The van der Waals surface area contributed by atoms with Crippen LogP contribution in [-0.4, -0.2) is 4.98 Å². The summed E-state index contributed by atoms with van der Waals surface area (Å²) in [7, 11) is 0. The molecule has 2 aromatic rings. The molecule has 0 saturated heterocycles. The second-order valence-corrected chi connectivity index (χ2v) is 3.52. The third-order valence-electron chi connectivity index (χ3n) is 2.08. The number of nitrogen functional groups attached to an aromatic ring is 1. The Labute approximate surface area is 91.5 Å². The number of pyridine rings is 1. The zero-order valence-corrected chi connectivity index (χ0v) is 8.50. The number of anilines is 1. The lowest BCUT2D eigenvalue weighted by Gasteiger charge is -2.06. The van der Waals surface area contributed by atoms with Crippen LogP contribution in [0.1, 0.15) is 0 Å². The topological polar surface area (TPSA) is 38.9 Å². The fourth-order valence-corrected chi connectivity index (χ4v) is 1.53. The van der Waals surface area contributed by atoms with Crippen molar-refractivity contribution < 1.29 is 4.39 Å². The van der Waals surface area contributed by atoms with Gasteiger partial charge in [0.25, 0.3) is 0 Å². The first-order chi connectivity index (χ1) is 7.18.